The molecule has 0 saturated carbocycles. The molecule has 0 unspecified atom stereocenters. The molecule has 0 aliphatic carbocycles. The van der Waals surface area contributed by atoms with Gasteiger partial charge in [-0.2, -0.15) is 0 Å². The number of nitrogens with zero attached hydrogens (tertiary/aromatic N) is 2. The highest BCUT2D eigenvalue weighted by Crippen LogP contribution is 2.08. The Labute approximate surface area is 84.7 Å². The second-order valence-corrected chi connectivity index (χ2v) is 2.70. The smallest absolute Gasteiger partial charge is 0.0717 e. The lowest BCUT2D eigenvalue weighted by Gasteiger charge is -1.98. The maximum Gasteiger partial charge on any atom is 0.0717 e. The van der Waals surface area contributed by atoms with Crippen LogP contribution in [0.2, 0.25) is 0 Å². The van der Waals surface area contributed by atoms with Crippen LogP contribution in [0.1, 0.15) is 12.6 Å². The molecule has 0 fully saturated rings. The molecule has 1 rings (SSSR count). The molecule has 0 saturated heterocycles. The number of hydrogen-bond donors (Lipinski definition) is 0. The van der Waals surface area contributed by atoms with Crippen molar-refractivity contribution in [1.82, 2.24) is 4.98 Å². The van der Waals surface area contributed by atoms with Crippen molar-refractivity contribution < 1.29 is 0 Å². The zero-order valence-corrected chi connectivity index (χ0v) is 8.35. The van der Waals surface area contributed by atoms with Crippen molar-refractivity contribution in [2.75, 3.05) is 6.54 Å². The van der Waals surface area contributed by atoms with Gasteiger partial charge >= 0.3 is 0 Å². The monoisotopic (exact) mass is 186 g/mol. The third-order valence-corrected chi connectivity index (χ3v) is 1.67. The minimum absolute atomic E-state index is 0.779. The van der Waals surface area contributed by atoms with E-state index in [4.69, 9.17) is 0 Å². The minimum atomic E-state index is 0.779. The van der Waals surface area contributed by atoms with Gasteiger partial charge in [0.15, 0.2) is 0 Å². The third-order valence-electron chi connectivity index (χ3n) is 1.67. The Bertz CT molecular complexity index is 337. The third kappa shape index (κ3) is 2.98. The minimum Gasteiger partial charge on any atom is -0.293 e. The highest BCUT2D eigenvalue weighted by molar-refractivity contribution is 6.09. The van der Waals surface area contributed by atoms with Crippen LogP contribution in [0.15, 0.2) is 48.1 Å². The van der Waals surface area contributed by atoms with Gasteiger partial charge in [-0.05, 0) is 19.1 Å². The molecule has 0 bridgehead atoms. The second-order valence-electron chi connectivity index (χ2n) is 2.70. The van der Waals surface area contributed by atoms with E-state index in [9.17, 15) is 0 Å². The Morgan fingerprint density at radius 1 is 1.57 bits per heavy atom. The van der Waals surface area contributed by atoms with Gasteiger partial charge in [0.25, 0.3) is 0 Å². The molecular formula is C12H14N2. The summed E-state index contributed by atoms with van der Waals surface area (Å²) >= 11 is 0. The first-order chi connectivity index (χ1) is 6.88. The highest BCUT2D eigenvalue weighted by atomic mass is 14.7. The van der Waals surface area contributed by atoms with Gasteiger partial charge in [-0.3, -0.25) is 9.98 Å². The van der Waals surface area contributed by atoms with Gasteiger partial charge in [-0.1, -0.05) is 24.8 Å². The molecule has 2 nitrogen and oxygen atoms in total. The predicted octanol–water partition coefficient (Wildman–Crippen LogP) is 2.74. The summed E-state index contributed by atoms with van der Waals surface area (Å²) < 4.78 is 0. The number of pyridine rings is 1. The Balaban J connectivity index is 2.95. The van der Waals surface area contributed by atoms with Gasteiger partial charge in [-0.15, -0.1) is 0 Å². The van der Waals surface area contributed by atoms with Crippen molar-refractivity contribution in [3.05, 3.63) is 48.8 Å². The van der Waals surface area contributed by atoms with E-state index in [1.807, 2.05) is 37.4 Å². The number of allylic oxidation sites excluding steroid dienone is 3. The first-order valence-electron chi connectivity index (χ1n) is 4.62. The maximum atomic E-state index is 4.24. The quantitative estimate of drug-likeness (QED) is 0.524. The number of hydrogen-bond acceptors (Lipinski definition) is 2. The molecule has 1 aromatic rings. The summed E-state index contributed by atoms with van der Waals surface area (Å²) in [7, 11) is 0. The van der Waals surface area contributed by atoms with E-state index in [1.165, 1.54) is 0 Å². The molecule has 0 aliphatic heterocycles. The molecule has 1 heterocycles. The average molecular weight is 186 g/mol. The lowest BCUT2D eigenvalue weighted by molar-refractivity contribution is 1.14. The molecule has 14 heavy (non-hydrogen) atoms. The summed E-state index contributed by atoms with van der Waals surface area (Å²) in [4.78, 5) is 8.43. The predicted molar refractivity (Wildman–Crippen MR) is 61.4 cm³/mol. The molecule has 72 valence electrons. The number of rotatable bonds is 4. The summed E-state index contributed by atoms with van der Waals surface area (Å²) in [5.74, 6) is 0. The topological polar surface area (TPSA) is 25.2 Å². The van der Waals surface area contributed by atoms with E-state index in [-0.39, 0.29) is 0 Å². The van der Waals surface area contributed by atoms with Gasteiger partial charge in [0.05, 0.1) is 5.69 Å². The second kappa shape index (κ2) is 5.86. The van der Waals surface area contributed by atoms with Crippen molar-refractivity contribution in [3.63, 3.8) is 0 Å². The van der Waals surface area contributed by atoms with Crippen LogP contribution in [0.5, 0.6) is 0 Å². The molecule has 0 spiro atoms. The van der Waals surface area contributed by atoms with Crippen LogP contribution < -0.4 is 0 Å². The fraction of sp³-hybridized carbons (Fsp3) is 0.167. The summed E-state index contributed by atoms with van der Waals surface area (Å²) in [5, 5.41) is 0. The van der Waals surface area contributed by atoms with Crippen molar-refractivity contribution >= 4 is 11.8 Å². The van der Waals surface area contributed by atoms with E-state index >= 15 is 0 Å². The van der Waals surface area contributed by atoms with Gasteiger partial charge in [0.2, 0.25) is 0 Å². The van der Waals surface area contributed by atoms with E-state index in [0.717, 1.165) is 17.8 Å². The molecule has 1 aromatic heterocycles. The summed E-state index contributed by atoms with van der Waals surface area (Å²) in [6.45, 7) is 6.45. The number of aromatic nitrogens is 1. The molecule has 2 heteroatoms. The first kappa shape index (κ1) is 10.4. The van der Waals surface area contributed by atoms with E-state index < -0.39 is 0 Å². The Kier molecular flexibility index (Phi) is 4.35. The van der Waals surface area contributed by atoms with Crippen LogP contribution in [0.3, 0.4) is 0 Å². The van der Waals surface area contributed by atoms with Crippen molar-refractivity contribution in [3.8, 4) is 0 Å². The van der Waals surface area contributed by atoms with Gasteiger partial charge < -0.3 is 0 Å². The highest BCUT2D eigenvalue weighted by Gasteiger charge is 1.96. The van der Waals surface area contributed by atoms with Crippen LogP contribution in [0, 0.1) is 0 Å². The summed E-state index contributed by atoms with van der Waals surface area (Å²) in [6, 6.07) is 5.81. The first-order valence-corrected chi connectivity index (χ1v) is 4.62. The molecular weight excluding hydrogens is 172 g/mol. The zero-order valence-electron chi connectivity index (χ0n) is 8.35. The van der Waals surface area contributed by atoms with Gasteiger partial charge in [0, 0.05) is 24.5 Å². The van der Waals surface area contributed by atoms with Crippen molar-refractivity contribution in [2.45, 2.75) is 6.92 Å². The fourth-order valence-corrected chi connectivity index (χ4v) is 1.04. The van der Waals surface area contributed by atoms with Crippen LogP contribution in [0.4, 0.5) is 0 Å². The molecule has 0 aliphatic rings. The lowest BCUT2D eigenvalue weighted by atomic mass is 10.2. The average Bonchev–Trinajstić information content (AvgIpc) is 2.25. The van der Waals surface area contributed by atoms with E-state index in [0.29, 0.717) is 0 Å². The molecule has 0 N–H and O–H groups in total. The molecule has 0 amide bonds. The lowest BCUT2D eigenvalue weighted by Crippen LogP contribution is -1.89. The Morgan fingerprint density at radius 3 is 3.00 bits per heavy atom. The van der Waals surface area contributed by atoms with E-state index in [1.54, 1.807) is 12.3 Å². The fourth-order valence-electron chi connectivity index (χ4n) is 1.04. The largest absolute Gasteiger partial charge is 0.293 e. The molecule has 0 radical (unpaired) electrons. The van der Waals surface area contributed by atoms with Crippen molar-refractivity contribution in [2.24, 2.45) is 4.99 Å². The summed E-state index contributed by atoms with van der Waals surface area (Å²) in [5.41, 5.74) is 1.91. The Hall–Kier alpha value is -1.70. The van der Waals surface area contributed by atoms with Gasteiger partial charge in [0.1, 0.15) is 0 Å². The van der Waals surface area contributed by atoms with Crippen LogP contribution in [-0.2, 0) is 0 Å². The van der Waals surface area contributed by atoms with Crippen molar-refractivity contribution in [1.29, 1.82) is 0 Å². The molecule has 0 atom stereocenters. The van der Waals surface area contributed by atoms with Crippen LogP contribution >= 0.6 is 0 Å². The standard InChI is InChI=1S/C12H14N2/c1-3-7-11(10-13-4-2)12-8-5-6-9-14-12/h3,5-10H,1,4H2,2H3/b11-7+,13-10?. The Morgan fingerprint density at radius 2 is 2.43 bits per heavy atom. The summed E-state index contributed by atoms with van der Waals surface area (Å²) in [6.07, 6.45) is 7.24. The maximum absolute atomic E-state index is 4.24. The van der Waals surface area contributed by atoms with E-state index in [2.05, 4.69) is 16.6 Å². The zero-order chi connectivity index (χ0) is 10.2. The number of aliphatic imine (C=N–C) groups is 1. The molecule has 0 aromatic carbocycles. The normalized spacial score (nSPS) is 11.9. The van der Waals surface area contributed by atoms with Crippen LogP contribution in [0.25, 0.3) is 5.57 Å². The van der Waals surface area contributed by atoms with Gasteiger partial charge in [-0.25, -0.2) is 0 Å². The van der Waals surface area contributed by atoms with Crippen LogP contribution in [-0.4, -0.2) is 17.7 Å². The SMILES string of the molecule is C=C/C=C(\C=NCC)c1ccccn1.